The maximum absolute atomic E-state index is 17.9. The van der Waals surface area contributed by atoms with Crippen LogP contribution < -0.4 is 10.6 Å². The van der Waals surface area contributed by atoms with Crippen LogP contribution in [0.5, 0.6) is 0 Å². The van der Waals surface area contributed by atoms with Gasteiger partial charge in [-0.3, -0.25) is 33.7 Å². The first-order valence-corrected chi connectivity index (χ1v) is 23.3. The summed E-state index contributed by atoms with van der Waals surface area (Å²) in [5.74, 6) is -4.63. The Morgan fingerprint density at radius 2 is 1.71 bits per heavy atom. The lowest BCUT2D eigenvalue weighted by molar-refractivity contribution is -0.232. The van der Waals surface area contributed by atoms with E-state index in [9.17, 15) is 38.3 Å². The number of imide groups is 1. The molecule has 4 fully saturated rings. The first-order chi connectivity index (χ1) is 31.2. The molecule has 2 heterocycles. The molecule has 6 aliphatic rings. The molecule has 0 spiro atoms. The summed E-state index contributed by atoms with van der Waals surface area (Å²) in [5.41, 5.74) is -3.04. The van der Waals surface area contributed by atoms with Crippen LogP contribution in [0, 0.1) is 28.6 Å². The molecule has 12 atom stereocenters. The van der Waals surface area contributed by atoms with Crippen molar-refractivity contribution in [2.75, 3.05) is 17.9 Å². The fourth-order valence-electron chi connectivity index (χ4n) is 11.6. The Hall–Kier alpha value is -5.16. The number of carbonyl (C=O) groups excluding carboxylic acids is 6. The van der Waals surface area contributed by atoms with Gasteiger partial charge in [-0.2, -0.15) is 0 Å². The highest BCUT2D eigenvalue weighted by molar-refractivity contribution is 8.13. The number of thioether (sulfide) groups is 1. The number of ketones is 1. The van der Waals surface area contributed by atoms with Gasteiger partial charge in [0.15, 0.2) is 23.3 Å². The lowest BCUT2D eigenvalue weighted by atomic mass is 9.44. The van der Waals surface area contributed by atoms with E-state index < -0.39 is 105 Å². The molecule has 4 aliphatic carbocycles. The molecule has 0 radical (unpaired) electrons. The molecule has 3 saturated carbocycles. The van der Waals surface area contributed by atoms with Gasteiger partial charge in [-0.25, -0.2) is 13.2 Å². The second-order valence-corrected chi connectivity index (χ2v) is 19.9. The highest BCUT2D eigenvalue weighted by atomic mass is 32.2. The molecule has 8 rings (SSSR count). The number of aliphatic hydroxyl groups excluding tert-OH is 1. The standard InChI is InChI=1S/C50H54F3N3O9S/c1-27-15-17-47(4)36(19-27)37(52)23-35-34-24-40-50(46(63)66-26-51,48(34,5)25-39(58)49(35,47)53)65-45(64-40)32-11-9-30(10-12-32)21-31-7-6-8-33(22-31)55-44(62)28(2)20-38(57)29(3)54-41(59)16-18-56-42(60)13-14-43(56)61/h6-15,17,19,22,28-29,34-35,37,39-40,45,58H,1,16,18,20-21,23-26H2,2-5H3,(H,54,59)(H,55,62)/t28-,29+,34+,35+,37+,39+,40-,45-,47+,48+,49+,50+/m1/s1. The zero-order valence-electron chi connectivity index (χ0n) is 37.2. The third-order valence-corrected chi connectivity index (χ3v) is 15.8. The zero-order valence-corrected chi connectivity index (χ0v) is 38.0. The molecule has 0 bridgehead atoms. The Balaban J connectivity index is 0.896. The molecule has 16 heteroatoms. The summed E-state index contributed by atoms with van der Waals surface area (Å²) in [6.45, 7) is 10.3. The number of nitrogens with zero attached hydrogens (tertiary/aromatic N) is 1. The van der Waals surface area contributed by atoms with Crippen LogP contribution >= 0.6 is 11.8 Å². The number of fused-ring (bicyclic) bond motifs is 7. The smallest absolute Gasteiger partial charge is 0.253 e. The zero-order chi connectivity index (χ0) is 47.5. The summed E-state index contributed by atoms with van der Waals surface area (Å²) >= 11 is 0.451. The molecule has 3 N–H and O–H groups in total. The van der Waals surface area contributed by atoms with Crippen LogP contribution in [-0.2, 0) is 44.7 Å². The minimum atomic E-state index is -2.26. The maximum Gasteiger partial charge on any atom is 0.253 e. The van der Waals surface area contributed by atoms with Crippen molar-refractivity contribution in [3.8, 4) is 0 Å². The van der Waals surface area contributed by atoms with Crippen LogP contribution in [0.4, 0.5) is 18.9 Å². The van der Waals surface area contributed by atoms with Crippen molar-refractivity contribution < 1.29 is 56.5 Å². The number of nitrogens with one attached hydrogen (secondary N) is 2. The Labute approximate surface area is 385 Å². The number of hydrogen-bond acceptors (Lipinski definition) is 10. The predicted molar refractivity (Wildman–Crippen MR) is 239 cm³/mol. The molecule has 2 aliphatic heterocycles. The molecule has 66 heavy (non-hydrogen) atoms. The SMILES string of the molecule is C=C1C=C[C@@]2(C)C(=C1)[C@@H](F)C[C@H]1[C@@H]3C[C@H]4O[C@@H](c5ccc(Cc6cccc(NC(=O)[C@H](C)CC(=O)[C@H](C)NC(=O)CCN7C(=O)C=CC7=O)c6)cc5)O[C@@]4(C(=O)SCF)[C@@]3(C)C[C@H](O)[C@@]12F. The summed E-state index contributed by atoms with van der Waals surface area (Å²) in [4.78, 5) is 77.0. The Morgan fingerprint density at radius 1 is 1.00 bits per heavy atom. The van der Waals surface area contributed by atoms with Gasteiger partial charge in [0.05, 0.1) is 18.2 Å². The summed E-state index contributed by atoms with van der Waals surface area (Å²) in [5, 5.41) is 16.7. The molecule has 0 unspecified atom stereocenters. The summed E-state index contributed by atoms with van der Waals surface area (Å²) in [6, 6.07) is 12.7. The maximum atomic E-state index is 17.9. The second-order valence-electron chi connectivity index (χ2n) is 19.0. The number of rotatable bonds is 14. The van der Waals surface area contributed by atoms with Gasteiger partial charge in [0.2, 0.25) is 16.9 Å². The molecule has 4 amide bonds. The number of amides is 4. The number of aliphatic hydroxyl groups is 1. The van der Waals surface area contributed by atoms with Crippen LogP contribution in [0.1, 0.15) is 82.8 Å². The van der Waals surface area contributed by atoms with Gasteiger partial charge in [0.1, 0.15) is 12.2 Å². The van der Waals surface area contributed by atoms with E-state index in [0.717, 1.165) is 28.2 Å². The lowest BCUT2D eigenvalue weighted by Gasteiger charge is -2.63. The van der Waals surface area contributed by atoms with E-state index in [1.54, 1.807) is 63.3 Å². The van der Waals surface area contributed by atoms with E-state index in [-0.39, 0.29) is 50.0 Å². The van der Waals surface area contributed by atoms with E-state index in [1.165, 1.54) is 6.92 Å². The van der Waals surface area contributed by atoms with Crippen molar-refractivity contribution in [3.05, 3.63) is 113 Å². The number of anilines is 1. The van der Waals surface area contributed by atoms with Crippen molar-refractivity contribution in [1.82, 2.24) is 10.2 Å². The molecular formula is C50H54F3N3O9S. The van der Waals surface area contributed by atoms with Crippen LogP contribution in [0.25, 0.3) is 0 Å². The van der Waals surface area contributed by atoms with E-state index in [2.05, 4.69) is 17.2 Å². The molecule has 350 valence electrons. The van der Waals surface area contributed by atoms with E-state index >= 15 is 8.78 Å². The van der Waals surface area contributed by atoms with E-state index in [0.29, 0.717) is 35.0 Å². The summed E-state index contributed by atoms with van der Waals surface area (Å²) in [7, 11) is 0. The largest absolute Gasteiger partial charge is 0.390 e. The lowest BCUT2D eigenvalue weighted by Crippen LogP contribution is -2.70. The Kier molecular flexibility index (Phi) is 12.8. The van der Waals surface area contributed by atoms with E-state index in [4.69, 9.17) is 9.47 Å². The van der Waals surface area contributed by atoms with Gasteiger partial charge in [-0.15, -0.1) is 0 Å². The van der Waals surface area contributed by atoms with Gasteiger partial charge in [-0.1, -0.05) is 86.8 Å². The highest BCUT2D eigenvalue weighted by Crippen LogP contribution is 2.73. The highest BCUT2D eigenvalue weighted by Gasteiger charge is 2.80. The summed E-state index contributed by atoms with van der Waals surface area (Å²) in [6.07, 6.45) is 1.91. The van der Waals surface area contributed by atoms with Gasteiger partial charge in [-0.05, 0) is 79.9 Å². The fourth-order valence-corrected chi connectivity index (χ4v) is 12.3. The monoisotopic (exact) mass is 929 g/mol. The molecule has 12 nitrogen and oxygen atoms in total. The Bertz CT molecular complexity index is 2440. The van der Waals surface area contributed by atoms with Gasteiger partial charge in [0, 0.05) is 65.5 Å². The third-order valence-electron chi connectivity index (χ3n) is 15.1. The number of alkyl halides is 3. The predicted octanol–water partition coefficient (Wildman–Crippen LogP) is 6.89. The minimum absolute atomic E-state index is 0.114. The average Bonchev–Trinajstić information content (AvgIpc) is 3.90. The number of hydrogen-bond donors (Lipinski definition) is 3. The first-order valence-electron chi connectivity index (χ1n) is 22.3. The number of Topliss-reactive ketones (excluding diaryl/α,β-unsaturated/α-hetero) is 1. The van der Waals surface area contributed by atoms with E-state index in [1.807, 2.05) is 24.3 Å². The third kappa shape index (κ3) is 7.90. The summed E-state index contributed by atoms with van der Waals surface area (Å²) < 4.78 is 61.2. The number of halogens is 3. The van der Waals surface area contributed by atoms with Gasteiger partial charge >= 0.3 is 0 Å². The van der Waals surface area contributed by atoms with Crippen molar-refractivity contribution in [3.63, 3.8) is 0 Å². The topological polar surface area (TPSA) is 168 Å². The van der Waals surface area contributed by atoms with Crippen LogP contribution in [0.3, 0.4) is 0 Å². The molecular weight excluding hydrogens is 876 g/mol. The molecule has 1 saturated heterocycles. The number of carbonyl (C=O) groups is 6. The van der Waals surface area contributed by atoms with Crippen molar-refractivity contribution in [2.45, 2.75) is 108 Å². The first kappa shape index (κ1) is 47.3. The number of ether oxygens (including phenoxy) is 2. The van der Waals surface area contributed by atoms with Crippen LogP contribution in [0.2, 0.25) is 0 Å². The quantitative estimate of drug-likeness (QED) is 0.170. The molecule has 0 aromatic heterocycles. The van der Waals surface area contributed by atoms with Crippen molar-refractivity contribution in [1.29, 1.82) is 0 Å². The van der Waals surface area contributed by atoms with Gasteiger partial charge in [0.25, 0.3) is 11.8 Å². The Morgan fingerprint density at radius 3 is 2.41 bits per heavy atom. The minimum Gasteiger partial charge on any atom is -0.390 e. The number of benzene rings is 2. The average molecular weight is 930 g/mol. The normalized spacial score (nSPS) is 33.9. The second kappa shape index (κ2) is 17.8. The van der Waals surface area contributed by atoms with Crippen molar-refractivity contribution >= 4 is 52.0 Å². The molecule has 2 aromatic rings. The number of allylic oxidation sites excluding steroid dienone is 5. The van der Waals surface area contributed by atoms with Gasteiger partial charge < -0.3 is 25.2 Å². The van der Waals surface area contributed by atoms with Crippen LogP contribution in [0.15, 0.2) is 96.6 Å². The van der Waals surface area contributed by atoms with Crippen molar-refractivity contribution in [2.24, 2.45) is 28.6 Å². The molecule has 2 aromatic carbocycles. The van der Waals surface area contributed by atoms with Crippen LogP contribution in [-0.4, -0.2) is 92.8 Å². The fraction of sp³-hybridized carbons (Fsp3) is 0.480.